The summed E-state index contributed by atoms with van der Waals surface area (Å²) < 4.78 is 7.33. The molecular formula is C16H21N5O. The van der Waals surface area contributed by atoms with E-state index in [4.69, 9.17) is 4.74 Å². The van der Waals surface area contributed by atoms with E-state index in [-0.39, 0.29) is 0 Å². The molecule has 1 aliphatic heterocycles. The van der Waals surface area contributed by atoms with Crippen molar-refractivity contribution in [2.75, 3.05) is 18.1 Å². The van der Waals surface area contributed by atoms with Crippen molar-refractivity contribution in [1.82, 2.24) is 19.7 Å². The van der Waals surface area contributed by atoms with E-state index in [0.717, 1.165) is 37.7 Å². The predicted octanol–water partition coefficient (Wildman–Crippen LogP) is 1.88. The molecule has 2 aliphatic rings. The maximum absolute atomic E-state index is 5.49. The van der Waals surface area contributed by atoms with Crippen molar-refractivity contribution < 1.29 is 4.74 Å². The summed E-state index contributed by atoms with van der Waals surface area (Å²) in [5.41, 5.74) is 2.33. The number of rotatable bonds is 5. The Morgan fingerprint density at radius 3 is 2.91 bits per heavy atom. The van der Waals surface area contributed by atoms with Crippen LogP contribution in [0.15, 0.2) is 24.8 Å². The zero-order chi connectivity index (χ0) is 14.9. The van der Waals surface area contributed by atoms with Crippen molar-refractivity contribution in [3.63, 3.8) is 0 Å². The Morgan fingerprint density at radius 1 is 1.32 bits per heavy atom. The van der Waals surface area contributed by atoms with E-state index in [2.05, 4.69) is 32.2 Å². The lowest BCUT2D eigenvalue weighted by molar-refractivity contribution is 0.193. The molecule has 0 N–H and O–H groups in total. The number of nitrogens with zero attached hydrogens (tertiary/aromatic N) is 5. The van der Waals surface area contributed by atoms with Crippen molar-refractivity contribution in [3.8, 4) is 0 Å². The maximum Gasteiger partial charge on any atom is 0.132 e. The minimum atomic E-state index is 0.418. The van der Waals surface area contributed by atoms with Gasteiger partial charge in [0.2, 0.25) is 0 Å². The first-order valence-electron chi connectivity index (χ1n) is 7.93. The van der Waals surface area contributed by atoms with Gasteiger partial charge in [-0.25, -0.2) is 9.97 Å². The summed E-state index contributed by atoms with van der Waals surface area (Å²) in [6.45, 7) is 2.48. The van der Waals surface area contributed by atoms with E-state index in [9.17, 15) is 0 Å². The second-order valence-corrected chi connectivity index (χ2v) is 6.24. The van der Waals surface area contributed by atoms with Gasteiger partial charge in [-0.05, 0) is 19.3 Å². The van der Waals surface area contributed by atoms with E-state index < -0.39 is 0 Å². The summed E-state index contributed by atoms with van der Waals surface area (Å²) in [6, 6.07) is 2.75. The van der Waals surface area contributed by atoms with Crippen molar-refractivity contribution in [3.05, 3.63) is 36.0 Å². The molecule has 2 aromatic rings. The summed E-state index contributed by atoms with van der Waals surface area (Å²) in [7, 11) is 1.95. The second-order valence-electron chi connectivity index (χ2n) is 6.24. The van der Waals surface area contributed by atoms with Crippen LogP contribution in [-0.2, 0) is 18.3 Å². The average Bonchev–Trinajstić information content (AvgIpc) is 3.06. The van der Waals surface area contributed by atoms with E-state index >= 15 is 0 Å². The molecule has 3 heterocycles. The largest absolute Gasteiger partial charge is 0.381 e. The van der Waals surface area contributed by atoms with Gasteiger partial charge in [-0.2, -0.15) is 5.10 Å². The highest BCUT2D eigenvalue weighted by atomic mass is 16.5. The van der Waals surface area contributed by atoms with Crippen molar-refractivity contribution in [2.24, 2.45) is 7.05 Å². The van der Waals surface area contributed by atoms with Crippen LogP contribution in [0.1, 0.15) is 36.4 Å². The van der Waals surface area contributed by atoms with Crippen LogP contribution in [0.4, 0.5) is 5.82 Å². The van der Waals surface area contributed by atoms with Crippen LogP contribution in [0.2, 0.25) is 0 Å². The molecule has 4 rings (SSSR count). The number of anilines is 1. The average molecular weight is 299 g/mol. The van der Waals surface area contributed by atoms with Crippen LogP contribution in [0, 0.1) is 0 Å². The van der Waals surface area contributed by atoms with E-state index in [1.165, 1.54) is 18.4 Å². The van der Waals surface area contributed by atoms with Crippen molar-refractivity contribution >= 4 is 5.82 Å². The normalized spacial score (nSPS) is 21.2. The predicted molar refractivity (Wildman–Crippen MR) is 82.6 cm³/mol. The Labute approximate surface area is 130 Å². The number of aromatic nitrogens is 4. The van der Waals surface area contributed by atoms with Crippen molar-refractivity contribution in [1.29, 1.82) is 0 Å². The minimum Gasteiger partial charge on any atom is -0.381 e. The second kappa shape index (κ2) is 5.68. The van der Waals surface area contributed by atoms with Crippen LogP contribution >= 0.6 is 0 Å². The number of ether oxygens (including phenoxy) is 1. The summed E-state index contributed by atoms with van der Waals surface area (Å²) in [5.74, 6) is 1.45. The van der Waals surface area contributed by atoms with Gasteiger partial charge in [-0.1, -0.05) is 0 Å². The van der Waals surface area contributed by atoms with Gasteiger partial charge in [0.1, 0.15) is 12.1 Å². The molecule has 0 bridgehead atoms. The molecule has 116 valence electrons. The van der Waals surface area contributed by atoms with E-state index in [1.54, 1.807) is 6.33 Å². The van der Waals surface area contributed by atoms with Gasteiger partial charge in [0, 0.05) is 50.0 Å². The first-order chi connectivity index (χ1) is 10.8. The minimum absolute atomic E-state index is 0.418. The highest BCUT2D eigenvalue weighted by Crippen LogP contribution is 2.33. The molecule has 1 aliphatic carbocycles. The Balaban J connectivity index is 1.58. The van der Waals surface area contributed by atoms with Gasteiger partial charge >= 0.3 is 0 Å². The molecule has 1 atom stereocenters. The summed E-state index contributed by atoms with van der Waals surface area (Å²) >= 11 is 0. The molecule has 6 nitrogen and oxygen atoms in total. The molecule has 0 spiro atoms. The lowest BCUT2D eigenvalue weighted by Crippen LogP contribution is -2.26. The standard InChI is InChI=1S/C16H21N5O/c1-20-8-12(7-19-20)9-21(14-2-3-14)16-6-15(17-11-18-16)13-4-5-22-10-13/h6-8,11,13-14H,2-5,9-10H2,1H3/t13-/m1/s1. The number of aryl methyl sites for hydroxylation is 1. The molecule has 2 aromatic heterocycles. The van der Waals surface area contributed by atoms with Gasteiger partial charge in [-0.15, -0.1) is 0 Å². The highest BCUT2D eigenvalue weighted by molar-refractivity contribution is 5.43. The fourth-order valence-corrected chi connectivity index (χ4v) is 3.04. The lowest BCUT2D eigenvalue weighted by Gasteiger charge is -2.23. The summed E-state index contributed by atoms with van der Waals surface area (Å²) in [4.78, 5) is 11.4. The summed E-state index contributed by atoms with van der Waals surface area (Å²) in [6.07, 6.45) is 9.24. The zero-order valence-corrected chi connectivity index (χ0v) is 12.9. The smallest absolute Gasteiger partial charge is 0.132 e. The van der Waals surface area contributed by atoms with Crippen LogP contribution in [0.3, 0.4) is 0 Å². The van der Waals surface area contributed by atoms with Gasteiger partial charge in [0.15, 0.2) is 0 Å². The molecule has 6 heteroatoms. The third-order valence-corrected chi connectivity index (χ3v) is 4.41. The Morgan fingerprint density at radius 2 is 2.23 bits per heavy atom. The van der Waals surface area contributed by atoms with Crippen LogP contribution in [0.25, 0.3) is 0 Å². The molecule has 0 aromatic carbocycles. The van der Waals surface area contributed by atoms with Gasteiger partial charge < -0.3 is 9.64 Å². The number of hydrogen-bond donors (Lipinski definition) is 0. The monoisotopic (exact) mass is 299 g/mol. The Kier molecular flexibility index (Phi) is 3.54. The lowest BCUT2D eigenvalue weighted by atomic mass is 10.0. The molecule has 0 unspecified atom stereocenters. The van der Waals surface area contributed by atoms with Crippen molar-refractivity contribution in [2.45, 2.75) is 37.8 Å². The Hall–Kier alpha value is -1.95. The fourth-order valence-electron chi connectivity index (χ4n) is 3.04. The fraction of sp³-hybridized carbons (Fsp3) is 0.562. The van der Waals surface area contributed by atoms with E-state index in [0.29, 0.717) is 12.0 Å². The molecule has 0 amide bonds. The molecule has 1 saturated carbocycles. The SMILES string of the molecule is Cn1cc(CN(c2cc([C@@H]3CCOC3)ncn2)C2CC2)cn1. The van der Waals surface area contributed by atoms with Gasteiger partial charge in [0.25, 0.3) is 0 Å². The van der Waals surface area contributed by atoms with Crippen LogP contribution in [0.5, 0.6) is 0 Å². The zero-order valence-electron chi connectivity index (χ0n) is 12.9. The molecule has 22 heavy (non-hydrogen) atoms. The first-order valence-corrected chi connectivity index (χ1v) is 7.93. The van der Waals surface area contributed by atoms with E-state index in [1.807, 2.05) is 17.9 Å². The maximum atomic E-state index is 5.49. The van der Waals surface area contributed by atoms with Gasteiger partial charge in [0.05, 0.1) is 18.5 Å². The quantitative estimate of drug-likeness (QED) is 0.844. The molecule has 2 fully saturated rings. The molecular weight excluding hydrogens is 278 g/mol. The molecule has 0 radical (unpaired) electrons. The van der Waals surface area contributed by atoms with Crippen LogP contribution < -0.4 is 4.90 Å². The highest BCUT2D eigenvalue weighted by Gasteiger charge is 2.31. The third kappa shape index (κ3) is 2.83. The molecule has 1 saturated heterocycles. The first kappa shape index (κ1) is 13.7. The van der Waals surface area contributed by atoms with Crippen LogP contribution in [-0.4, -0.2) is 39.0 Å². The Bertz CT molecular complexity index is 645. The van der Waals surface area contributed by atoms with Gasteiger partial charge in [-0.3, -0.25) is 4.68 Å². The summed E-state index contributed by atoms with van der Waals surface area (Å²) in [5, 5.41) is 4.26. The third-order valence-electron chi connectivity index (χ3n) is 4.41. The topological polar surface area (TPSA) is 56.1 Å². The number of hydrogen-bond acceptors (Lipinski definition) is 5.